The maximum absolute atomic E-state index is 13.2. The largest absolute Gasteiger partial charge is 0.396 e. The third-order valence-electron chi connectivity index (χ3n) is 8.17. The molecule has 4 rings (SSSR count). The molecule has 1 fully saturated rings. The Balaban J connectivity index is 0.00000267. The van der Waals surface area contributed by atoms with Crippen LogP contribution in [0.5, 0.6) is 0 Å². The first-order valence-corrected chi connectivity index (χ1v) is 15.4. The van der Waals surface area contributed by atoms with Crippen LogP contribution in [0, 0.1) is 11.8 Å². The third kappa shape index (κ3) is 8.00. The maximum atomic E-state index is 13.2. The molecule has 218 valence electrons. The van der Waals surface area contributed by atoms with Crippen molar-refractivity contribution >= 4 is 42.7 Å². The van der Waals surface area contributed by atoms with Crippen LogP contribution in [0.4, 0.5) is 0 Å². The zero-order valence-corrected chi connectivity index (χ0v) is 26.1. The number of benzene rings is 1. The molecule has 2 heterocycles. The summed E-state index contributed by atoms with van der Waals surface area (Å²) in [6, 6.07) is 9.01. The van der Waals surface area contributed by atoms with Crippen LogP contribution in [-0.4, -0.2) is 48.2 Å². The van der Waals surface area contributed by atoms with Crippen molar-refractivity contribution in [2.75, 3.05) is 18.9 Å². The number of aliphatic hydroxyl groups excluding tert-OH is 1. The van der Waals surface area contributed by atoms with Crippen LogP contribution in [0.25, 0.3) is 0 Å². The summed E-state index contributed by atoms with van der Waals surface area (Å²) in [6.45, 7) is 8.05. The van der Waals surface area contributed by atoms with Crippen LogP contribution in [-0.2, 0) is 16.4 Å². The molecule has 10 heteroatoms. The minimum absolute atomic E-state index is 0. The lowest BCUT2D eigenvalue weighted by Crippen LogP contribution is -2.30. The summed E-state index contributed by atoms with van der Waals surface area (Å²) in [4.78, 5) is 20.3. The Morgan fingerprint density at radius 3 is 2.44 bits per heavy atom. The number of hydrogen-bond acceptors (Lipinski definition) is 6. The van der Waals surface area contributed by atoms with Gasteiger partial charge in [-0.15, -0.1) is 0 Å². The molecule has 1 saturated carbocycles. The van der Waals surface area contributed by atoms with Crippen molar-refractivity contribution < 1.29 is 18.3 Å². The average Bonchev–Trinajstić information content (AvgIpc) is 3.25. The first kappa shape index (κ1) is 33.6. The second-order valence-corrected chi connectivity index (χ2v) is 13.0. The Kier molecular flexibility index (Phi) is 12.8. The lowest BCUT2D eigenvalue weighted by atomic mass is 9.82. The van der Waals surface area contributed by atoms with E-state index >= 15 is 0 Å². The summed E-state index contributed by atoms with van der Waals surface area (Å²) < 4.78 is 24.2. The smallest absolute Gasteiger partial charge is 0.251 e. The number of aliphatic hydroxyl groups is 1. The molecule has 1 amide bonds. The number of carbonyl (C=O) groups excluding carboxylic acids is 1. The fourth-order valence-corrected chi connectivity index (χ4v) is 6.68. The molecule has 1 aliphatic heterocycles. The maximum Gasteiger partial charge on any atom is 0.251 e. The quantitative estimate of drug-likeness (QED) is 0.399. The van der Waals surface area contributed by atoms with E-state index in [1.165, 1.54) is 49.1 Å². The molecule has 0 radical (unpaired) electrons. The van der Waals surface area contributed by atoms with Crippen molar-refractivity contribution in [2.24, 2.45) is 11.8 Å². The molecule has 1 aliphatic carbocycles. The topological polar surface area (TPSA) is 99.6 Å². The van der Waals surface area contributed by atoms with Crippen LogP contribution >= 0.6 is 27.0 Å². The molecule has 2 atom stereocenters. The Morgan fingerprint density at radius 1 is 1.13 bits per heavy atom. The summed E-state index contributed by atoms with van der Waals surface area (Å²) in [5.74, 6) is 1.38. The van der Waals surface area contributed by atoms with Crippen molar-refractivity contribution in [2.45, 2.75) is 82.8 Å². The number of nitrogens with zero attached hydrogens (tertiary/aromatic N) is 2. The number of nitrogens with one attached hydrogen (secondary N) is 1. The molecule has 2 N–H and O–H groups in total. The van der Waals surface area contributed by atoms with E-state index in [0.29, 0.717) is 17.3 Å². The predicted molar refractivity (Wildman–Crippen MR) is 166 cm³/mol. The fourth-order valence-electron chi connectivity index (χ4n) is 5.86. The summed E-state index contributed by atoms with van der Waals surface area (Å²) in [6.07, 6.45) is 7.94. The second kappa shape index (κ2) is 14.9. The first-order chi connectivity index (χ1) is 17.7. The minimum Gasteiger partial charge on any atom is -0.396 e. The molecule has 2 aliphatic rings. The van der Waals surface area contributed by atoms with Crippen LogP contribution in [0.1, 0.15) is 98.6 Å². The third-order valence-corrected chi connectivity index (χ3v) is 9.89. The number of amides is 1. The highest BCUT2D eigenvalue weighted by atomic mass is 32.2. The van der Waals surface area contributed by atoms with Gasteiger partial charge in [0.05, 0.1) is 22.4 Å². The normalized spacial score (nSPS) is 21.8. The molecule has 0 spiro atoms. The van der Waals surface area contributed by atoms with E-state index in [-0.39, 0.29) is 56.6 Å². The summed E-state index contributed by atoms with van der Waals surface area (Å²) in [5.41, 5.74) is 3.66. The van der Waals surface area contributed by atoms with Crippen molar-refractivity contribution in [3.05, 3.63) is 58.9 Å². The van der Waals surface area contributed by atoms with Gasteiger partial charge in [-0.3, -0.25) is 14.7 Å². The molecule has 2 aromatic rings. The van der Waals surface area contributed by atoms with Crippen molar-refractivity contribution in [1.82, 2.24) is 15.2 Å². The van der Waals surface area contributed by atoms with E-state index in [1.807, 2.05) is 12.1 Å². The number of rotatable bonds is 10. The van der Waals surface area contributed by atoms with Gasteiger partial charge in [-0.05, 0) is 72.9 Å². The highest BCUT2D eigenvalue weighted by Crippen LogP contribution is 2.39. The monoisotopic (exact) mass is 595 g/mol. The number of carbonyl (C=O) groups is 1. The molecule has 7 nitrogen and oxygen atoms in total. The highest BCUT2D eigenvalue weighted by molar-refractivity contribution is 7.91. The molecule has 39 heavy (non-hydrogen) atoms. The second-order valence-electron chi connectivity index (χ2n) is 10.8. The lowest BCUT2D eigenvalue weighted by Gasteiger charge is -2.32. The number of aromatic nitrogens is 1. The van der Waals surface area contributed by atoms with Gasteiger partial charge >= 0.3 is 0 Å². The Labute approximate surface area is 248 Å². The molecular formula is C29H45N3O4S3. The van der Waals surface area contributed by atoms with Crippen molar-refractivity contribution in [3.63, 3.8) is 0 Å². The van der Waals surface area contributed by atoms with Crippen LogP contribution in [0.2, 0.25) is 0 Å². The zero-order valence-electron chi connectivity index (χ0n) is 23.3. The molecule has 1 aromatic heterocycles. The Bertz CT molecular complexity index is 1180. The van der Waals surface area contributed by atoms with Gasteiger partial charge in [0, 0.05) is 37.5 Å². The first-order valence-electron chi connectivity index (χ1n) is 13.7. The van der Waals surface area contributed by atoms with Gasteiger partial charge in [-0.1, -0.05) is 39.7 Å². The number of fused-ring (bicyclic) bond motifs is 1. The van der Waals surface area contributed by atoms with E-state index in [4.69, 9.17) is 0 Å². The number of hydrogen-bond donors (Lipinski definition) is 2. The molecule has 0 bridgehead atoms. The molecular weight excluding hydrogens is 551 g/mol. The van der Waals surface area contributed by atoms with Gasteiger partial charge in [0.1, 0.15) is 0 Å². The van der Waals surface area contributed by atoms with Crippen molar-refractivity contribution in [3.8, 4) is 0 Å². The molecule has 0 saturated heterocycles. The van der Waals surface area contributed by atoms with E-state index in [9.17, 15) is 18.3 Å². The Morgan fingerprint density at radius 2 is 1.85 bits per heavy atom. The highest BCUT2D eigenvalue weighted by Gasteiger charge is 2.32. The van der Waals surface area contributed by atoms with Gasteiger partial charge < -0.3 is 10.4 Å². The SMILES string of the molecule is CC[C@H]1c2ccc(C(=O)N[C@@H](CCO)c3ccc(S(=O)(=O)CC)cn3)cc2CN1CC1CCC(C)CC1.S.S. The predicted octanol–water partition coefficient (Wildman–Crippen LogP) is 5.05. The van der Waals surface area contributed by atoms with Gasteiger partial charge in [-0.25, -0.2) is 8.42 Å². The van der Waals surface area contributed by atoms with Gasteiger partial charge in [-0.2, -0.15) is 27.0 Å². The van der Waals surface area contributed by atoms with Crippen molar-refractivity contribution in [1.29, 1.82) is 0 Å². The van der Waals surface area contributed by atoms with E-state index in [1.54, 1.807) is 13.0 Å². The van der Waals surface area contributed by atoms with Crippen LogP contribution in [0.3, 0.4) is 0 Å². The van der Waals surface area contributed by atoms with Crippen LogP contribution in [0.15, 0.2) is 41.4 Å². The number of pyridine rings is 1. The molecule has 1 aromatic carbocycles. The van der Waals surface area contributed by atoms with Crippen LogP contribution < -0.4 is 5.32 Å². The van der Waals surface area contributed by atoms with Gasteiger partial charge in [0.25, 0.3) is 5.91 Å². The van der Waals surface area contributed by atoms with Gasteiger partial charge in [0.2, 0.25) is 0 Å². The minimum atomic E-state index is -3.35. The molecule has 0 unspecified atom stereocenters. The summed E-state index contributed by atoms with van der Waals surface area (Å²) in [7, 11) is -3.35. The van der Waals surface area contributed by atoms with Gasteiger partial charge in [0.15, 0.2) is 9.84 Å². The average molecular weight is 596 g/mol. The standard InChI is InChI=1S/C29H41N3O4S.2H2S/c1-4-28-25-12-10-22(16-23(25)19-32(28)18-21-8-6-20(3)7-9-21)29(34)31-27(14-15-33)26-13-11-24(17-30-26)37(35,36)5-2;;/h10-13,16-17,20-21,27-28,33H,4-9,14-15,18-19H2,1-3H3,(H,31,34);2*1H2/t20?,21?,27-,28-;;/m0../s1. The zero-order chi connectivity index (χ0) is 26.6. The number of sulfone groups is 1. The summed E-state index contributed by atoms with van der Waals surface area (Å²) >= 11 is 0. The van der Waals surface area contributed by atoms with E-state index in [2.05, 4.69) is 35.1 Å². The van der Waals surface area contributed by atoms with E-state index < -0.39 is 15.9 Å². The summed E-state index contributed by atoms with van der Waals surface area (Å²) in [5, 5.41) is 12.6. The Hall–Kier alpha value is -1.59. The fraction of sp³-hybridized carbons (Fsp3) is 0.586. The lowest BCUT2D eigenvalue weighted by molar-refractivity contribution is 0.0928. The van der Waals surface area contributed by atoms with E-state index in [0.717, 1.165) is 31.3 Å².